The molecule has 1 aromatic carbocycles. The summed E-state index contributed by atoms with van der Waals surface area (Å²) < 4.78 is 11.6. The highest BCUT2D eigenvalue weighted by atomic mass is 16.5. The van der Waals surface area contributed by atoms with Gasteiger partial charge in [-0.05, 0) is 41.7 Å². The Morgan fingerprint density at radius 3 is 2.36 bits per heavy atom. The maximum Gasteiger partial charge on any atom is 0.168 e. The smallest absolute Gasteiger partial charge is 0.168 e. The van der Waals surface area contributed by atoms with Gasteiger partial charge in [0.05, 0.1) is 14.2 Å². The molecule has 0 aromatic heterocycles. The number of ketones is 1. The van der Waals surface area contributed by atoms with E-state index in [1.165, 1.54) is 11.1 Å². The fraction of sp³-hybridized carbons (Fsp3) is 0.591. The van der Waals surface area contributed by atoms with Gasteiger partial charge in [0.1, 0.15) is 5.78 Å². The van der Waals surface area contributed by atoms with E-state index in [2.05, 4.69) is 33.8 Å². The van der Waals surface area contributed by atoms with Gasteiger partial charge in [-0.1, -0.05) is 39.3 Å². The van der Waals surface area contributed by atoms with Gasteiger partial charge in [0.15, 0.2) is 11.5 Å². The molecule has 25 heavy (non-hydrogen) atoms. The molecule has 136 valence electrons. The fourth-order valence-corrected chi connectivity index (χ4v) is 4.53. The lowest BCUT2D eigenvalue weighted by Gasteiger charge is -2.35. The number of allylic oxidation sites excluding steroid dienone is 2. The Hall–Kier alpha value is -1.77. The summed E-state index contributed by atoms with van der Waals surface area (Å²) in [4.78, 5) is 12.7. The molecule has 0 aliphatic heterocycles. The molecule has 0 heterocycles. The van der Waals surface area contributed by atoms with E-state index >= 15 is 0 Å². The summed E-state index contributed by atoms with van der Waals surface area (Å²) in [5, 5.41) is 0. The number of carbonyl (C=O) groups excluding carboxylic acids is 1. The first-order chi connectivity index (χ1) is 11.8. The number of methoxy groups -OCH3 is 2. The summed E-state index contributed by atoms with van der Waals surface area (Å²) in [5.74, 6) is 2.25. The van der Waals surface area contributed by atoms with Crippen LogP contribution in [0.1, 0.15) is 76.0 Å². The average molecular weight is 342 g/mol. The molecule has 0 spiro atoms. The molecule has 0 unspecified atom stereocenters. The Balaban J connectivity index is 2.37. The molecule has 0 fully saturated rings. The van der Waals surface area contributed by atoms with Gasteiger partial charge >= 0.3 is 0 Å². The van der Waals surface area contributed by atoms with E-state index in [0.29, 0.717) is 24.5 Å². The summed E-state index contributed by atoms with van der Waals surface area (Å²) in [7, 11) is 3.42. The summed E-state index contributed by atoms with van der Waals surface area (Å²) in [6.07, 6.45) is 4.35. The number of benzene rings is 1. The summed E-state index contributed by atoms with van der Waals surface area (Å²) in [6, 6.07) is 2.18. The number of ether oxygens (including phenoxy) is 2. The Labute approximate surface area is 151 Å². The first-order valence-corrected chi connectivity index (χ1v) is 9.32. The molecular formula is C22H30O3. The van der Waals surface area contributed by atoms with Crippen molar-refractivity contribution in [2.24, 2.45) is 5.41 Å². The molecule has 0 bridgehead atoms. The predicted molar refractivity (Wildman–Crippen MR) is 102 cm³/mol. The van der Waals surface area contributed by atoms with Gasteiger partial charge in [-0.2, -0.15) is 0 Å². The normalized spacial score (nSPS) is 19.4. The second-order valence-electron chi connectivity index (χ2n) is 8.31. The Bertz CT molecular complexity index is 738. The van der Waals surface area contributed by atoms with Crippen molar-refractivity contribution in [2.45, 2.75) is 65.7 Å². The van der Waals surface area contributed by atoms with Crippen LogP contribution in [0.2, 0.25) is 0 Å². The van der Waals surface area contributed by atoms with Crippen LogP contribution in [0.4, 0.5) is 0 Å². The molecule has 0 N–H and O–H groups in total. The van der Waals surface area contributed by atoms with Gasteiger partial charge < -0.3 is 9.47 Å². The third-order valence-electron chi connectivity index (χ3n) is 5.85. The second-order valence-corrected chi connectivity index (χ2v) is 8.31. The molecule has 3 heteroatoms. The number of rotatable bonds is 3. The van der Waals surface area contributed by atoms with Crippen molar-refractivity contribution in [1.82, 2.24) is 0 Å². The molecule has 0 radical (unpaired) electrons. The van der Waals surface area contributed by atoms with Crippen molar-refractivity contribution in [2.75, 3.05) is 14.2 Å². The summed E-state index contributed by atoms with van der Waals surface area (Å²) in [5.41, 5.74) is 6.04. The monoisotopic (exact) mass is 342 g/mol. The lowest BCUT2D eigenvalue weighted by molar-refractivity contribution is -0.118. The Kier molecular flexibility index (Phi) is 4.70. The SMILES string of the molecule is COc1c(C(C)C)cc2c(c1OC)C1=C(CC(=O)C2)C(C)(C)CCC1. The minimum absolute atomic E-state index is 0.0693. The summed E-state index contributed by atoms with van der Waals surface area (Å²) >= 11 is 0. The molecule has 2 aliphatic carbocycles. The summed E-state index contributed by atoms with van der Waals surface area (Å²) in [6.45, 7) is 8.84. The van der Waals surface area contributed by atoms with Crippen LogP contribution >= 0.6 is 0 Å². The Morgan fingerprint density at radius 2 is 1.76 bits per heavy atom. The number of carbonyl (C=O) groups is 1. The van der Waals surface area contributed by atoms with Crippen LogP contribution in [0.25, 0.3) is 5.57 Å². The van der Waals surface area contributed by atoms with Gasteiger partial charge in [-0.25, -0.2) is 0 Å². The van der Waals surface area contributed by atoms with Crippen LogP contribution in [0.5, 0.6) is 11.5 Å². The van der Waals surface area contributed by atoms with Gasteiger partial charge in [0.2, 0.25) is 0 Å². The number of Topliss-reactive ketones (excluding diaryl/α,β-unsaturated/α-hetero) is 1. The maximum atomic E-state index is 12.7. The highest BCUT2D eigenvalue weighted by molar-refractivity contribution is 5.93. The van der Waals surface area contributed by atoms with Crippen molar-refractivity contribution in [3.63, 3.8) is 0 Å². The topological polar surface area (TPSA) is 35.5 Å². The predicted octanol–water partition coefficient (Wildman–Crippen LogP) is 5.31. The van der Waals surface area contributed by atoms with E-state index in [4.69, 9.17) is 9.47 Å². The van der Waals surface area contributed by atoms with Crippen molar-refractivity contribution in [1.29, 1.82) is 0 Å². The van der Waals surface area contributed by atoms with Crippen LogP contribution < -0.4 is 9.47 Å². The minimum Gasteiger partial charge on any atom is -0.493 e. The van der Waals surface area contributed by atoms with Gasteiger partial charge in [0.25, 0.3) is 0 Å². The van der Waals surface area contributed by atoms with Gasteiger partial charge in [-0.15, -0.1) is 0 Å². The van der Waals surface area contributed by atoms with E-state index in [-0.39, 0.29) is 5.41 Å². The molecule has 0 atom stereocenters. The van der Waals surface area contributed by atoms with Crippen molar-refractivity contribution in [3.8, 4) is 11.5 Å². The third kappa shape index (κ3) is 2.98. The molecule has 0 amide bonds. The molecule has 0 saturated heterocycles. The molecular weight excluding hydrogens is 312 g/mol. The van der Waals surface area contributed by atoms with Crippen LogP contribution in [-0.2, 0) is 11.2 Å². The van der Waals surface area contributed by atoms with Gasteiger partial charge in [0, 0.05) is 24.0 Å². The van der Waals surface area contributed by atoms with Crippen molar-refractivity contribution >= 4 is 11.4 Å². The molecule has 3 rings (SSSR count). The average Bonchev–Trinajstić information content (AvgIpc) is 2.69. The highest BCUT2D eigenvalue weighted by Crippen LogP contribution is 2.52. The quantitative estimate of drug-likeness (QED) is 0.747. The zero-order valence-electron chi connectivity index (χ0n) is 16.4. The van der Waals surface area contributed by atoms with Crippen LogP contribution in [-0.4, -0.2) is 20.0 Å². The highest BCUT2D eigenvalue weighted by Gasteiger charge is 2.36. The molecule has 0 saturated carbocycles. The zero-order valence-corrected chi connectivity index (χ0v) is 16.4. The van der Waals surface area contributed by atoms with E-state index in [9.17, 15) is 4.79 Å². The number of hydrogen-bond acceptors (Lipinski definition) is 3. The van der Waals surface area contributed by atoms with E-state index in [1.807, 2.05) is 0 Å². The first-order valence-electron chi connectivity index (χ1n) is 9.32. The lowest BCUT2D eigenvalue weighted by atomic mass is 9.70. The van der Waals surface area contributed by atoms with Crippen LogP contribution in [0, 0.1) is 5.41 Å². The standard InChI is InChI=1S/C22H30O3/c1-13(2)17-11-14-10-15(23)12-18-16(8-7-9-22(18,3)4)19(14)21(25-6)20(17)24-5/h11,13H,7-10,12H2,1-6H3. The Morgan fingerprint density at radius 1 is 1.08 bits per heavy atom. The molecule has 3 nitrogen and oxygen atoms in total. The van der Waals surface area contributed by atoms with Gasteiger partial charge in [-0.3, -0.25) is 4.79 Å². The maximum absolute atomic E-state index is 12.7. The van der Waals surface area contributed by atoms with E-state index < -0.39 is 0 Å². The first kappa shape index (κ1) is 18.0. The van der Waals surface area contributed by atoms with E-state index in [1.54, 1.807) is 14.2 Å². The lowest BCUT2D eigenvalue weighted by Crippen LogP contribution is -2.22. The fourth-order valence-electron chi connectivity index (χ4n) is 4.53. The largest absolute Gasteiger partial charge is 0.493 e. The minimum atomic E-state index is 0.0693. The molecule has 1 aromatic rings. The molecule has 2 aliphatic rings. The van der Waals surface area contributed by atoms with E-state index in [0.717, 1.165) is 47.5 Å². The van der Waals surface area contributed by atoms with Crippen LogP contribution in [0.3, 0.4) is 0 Å². The number of fused-ring (bicyclic) bond motifs is 2. The number of hydrogen-bond donors (Lipinski definition) is 0. The van der Waals surface area contributed by atoms with Crippen molar-refractivity contribution in [3.05, 3.63) is 28.3 Å². The van der Waals surface area contributed by atoms with Crippen molar-refractivity contribution < 1.29 is 14.3 Å². The zero-order chi connectivity index (χ0) is 18.4. The third-order valence-corrected chi connectivity index (χ3v) is 5.85. The second kappa shape index (κ2) is 6.51. The van der Waals surface area contributed by atoms with Crippen LogP contribution in [0.15, 0.2) is 11.6 Å².